The fourth-order valence-electron chi connectivity index (χ4n) is 1.39. The summed E-state index contributed by atoms with van der Waals surface area (Å²) in [4.78, 5) is 0. The Labute approximate surface area is 86.5 Å². The zero-order valence-corrected chi connectivity index (χ0v) is 9.97. The Kier molecular flexibility index (Phi) is 3.23. The van der Waals surface area contributed by atoms with Crippen LogP contribution in [0, 0.1) is 0 Å². The third-order valence-corrected chi connectivity index (χ3v) is 5.81. The van der Waals surface area contributed by atoms with Gasteiger partial charge in [-0.3, -0.25) is 0 Å². The number of hydrogen-bond acceptors (Lipinski definition) is 3. The lowest BCUT2D eigenvalue weighted by Gasteiger charge is -2.36. The monoisotopic (exact) mass is 220 g/mol. The van der Waals surface area contributed by atoms with E-state index in [0.29, 0.717) is 6.54 Å². The zero-order valence-electron chi connectivity index (χ0n) is 9.16. The molecule has 0 radical (unpaired) electrons. The van der Waals surface area contributed by atoms with E-state index >= 15 is 0 Å². The average Bonchev–Trinajstić information content (AvgIpc) is 2.98. The van der Waals surface area contributed by atoms with Crippen LogP contribution in [0.1, 0.15) is 33.1 Å². The van der Waals surface area contributed by atoms with Gasteiger partial charge in [-0.1, -0.05) is 6.92 Å². The van der Waals surface area contributed by atoms with Crippen molar-refractivity contribution in [1.82, 2.24) is 4.31 Å². The lowest BCUT2D eigenvalue weighted by molar-refractivity contribution is 0.240. The molecular weight excluding hydrogens is 200 g/mol. The topological polar surface area (TPSA) is 63.4 Å². The normalized spacial score (nSPS) is 22.4. The van der Waals surface area contributed by atoms with Crippen LogP contribution in [0.15, 0.2) is 0 Å². The lowest BCUT2D eigenvalue weighted by Crippen LogP contribution is -2.52. The van der Waals surface area contributed by atoms with Gasteiger partial charge in [0.05, 0.1) is 5.25 Å². The van der Waals surface area contributed by atoms with E-state index in [1.54, 1.807) is 7.05 Å². The smallest absolute Gasteiger partial charge is 0.217 e. The van der Waals surface area contributed by atoms with Gasteiger partial charge in [0.2, 0.25) is 10.0 Å². The molecule has 0 spiro atoms. The molecule has 1 atom stereocenters. The first kappa shape index (κ1) is 11.9. The van der Waals surface area contributed by atoms with Crippen LogP contribution in [-0.2, 0) is 10.0 Å². The lowest BCUT2D eigenvalue weighted by atomic mass is 10.00. The second-order valence-corrected chi connectivity index (χ2v) is 6.51. The fourth-order valence-corrected chi connectivity index (χ4v) is 3.39. The van der Waals surface area contributed by atoms with Crippen LogP contribution < -0.4 is 5.73 Å². The molecule has 0 aromatic rings. The Morgan fingerprint density at radius 1 is 1.50 bits per heavy atom. The maximum atomic E-state index is 11.9. The van der Waals surface area contributed by atoms with E-state index in [1.165, 1.54) is 4.31 Å². The third kappa shape index (κ3) is 1.94. The molecule has 14 heavy (non-hydrogen) atoms. The maximum absolute atomic E-state index is 11.9. The number of nitrogens with zero attached hydrogens (tertiary/aromatic N) is 1. The highest BCUT2D eigenvalue weighted by atomic mass is 32.2. The predicted molar refractivity (Wildman–Crippen MR) is 57.5 cm³/mol. The quantitative estimate of drug-likeness (QED) is 0.735. The summed E-state index contributed by atoms with van der Waals surface area (Å²) in [5.74, 6) is 0. The molecule has 0 aliphatic heterocycles. The number of sulfonamides is 1. The Morgan fingerprint density at radius 3 is 2.29 bits per heavy atom. The van der Waals surface area contributed by atoms with E-state index in [1.807, 2.05) is 13.8 Å². The van der Waals surface area contributed by atoms with Crippen molar-refractivity contribution in [3.63, 3.8) is 0 Å². The molecule has 84 valence electrons. The average molecular weight is 220 g/mol. The predicted octanol–water partition coefficient (Wildman–Crippen LogP) is 0.538. The molecular formula is C9H20N2O2S. The van der Waals surface area contributed by atoms with Crippen molar-refractivity contribution < 1.29 is 8.42 Å². The van der Waals surface area contributed by atoms with E-state index in [0.717, 1.165) is 19.3 Å². The maximum Gasteiger partial charge on any atom is 0.217 e. The van der Waals surface area contributed by atoms with Crippen LogP contribution in [0.3, 0.4) is 0 Å². The molecule has 1 unspecified atom stereocenters. The molecule has 1 aliphatic carbocycles. The van der Waals surface area contributed by atoms with Crippen molar-refractivity contribution in [1.29, 1.82) is 0 Å². The van der Waals surface area contributed by atoms with Gasteiger partial charge in [-0.15, -0.1) is 0 Å². The first-order valence-corrected chi connectivity index (χ1v) is 6.56. The van der Waals surface area contributed by atoms with Crippen molar-refractivity contribution in [2.24, 2.45) is 5.73 Å². The Balaban J connectivity index is 2.86. The van der Waals surface area contributed by atoms with Gasteiger partial charge in [-0.2, -0.15) is 4.31 Å². The van der Waals surface area contributed by atoms with Gasteiger partial charge >= 0.3 is 0 Å². The fraction of sp³-hybridized carbons (Fsp3) is 1.00. The van der Waals surface area contributed by atoms with Crippen molar-refractivity contribution in [3.05, 3.63) is 0 Å². The summed E-state index contributed by atoms with van der Waals surface area (Å²) in [5.41, 5.74) is 5.20. The standard InChI is InChI=1S/C9H20N2O2S/c1-4-9(2,7-10)11(3)14(12,13)8-5-6-8/h8H,4-7,10H2,1-3H3. The second kappa shape index (κ2) is 3.79. The van der Waals surface area contributed by atoms with Crippen LogP contribution in [0.25, 0.3) is 0 Å². The molecule has 0 aromatic heterocycles. The molecule has 1 rings (SSSR count). The van der Waals surface area contributed by atoms with E-state index in [9.17, 15) is 8.42 Å². The molecule has 0 bridgehead atoms. The van der Waals surface area contributed by atoms with Crippen molar-refractivity contribution >= 4 is 10.0 Å². The van der Waals surface area contributed by atoms with Gasteiger partial charge in [-0.25, -0.2) is 8.42 Å². The van der Waals surface area contributed by atoms with Crippen molar-refractivity contribution in [2.45, 2.75) is 43.9 Å². The highest BCUT2D eigenvalue weighted by molar-refractivity contribution is 7.90. The number of likely N-dealkylation sites (N-methyl/N-ethyl adjacent to an activating group) is 1. The Bertz CT molecular complexity index is 292. The molecule has 4 nitrogen and oxygen atoms in total. The Morgan fingerprint density at radius 2 is 2.00 bits per heavy atom. The van der Waals surface area contributed by atoms with Gasteiger partial charge in [0.15, 0.2) is 0 Å². The zero-order chi connectivity index (χ0) is 11.0. The van der Waals surface area contributed by atoms with Gasteiger partial charge in [0.1, 0.15) is 0 Å². The van der Waals surface area contributed by atoms with Crippen LogP contribution in [0.4, 0.5) is 0 Å². The van der Waals surface area contributed by atoms with Gasteiger partial charge in [-0.05, 0) is 26.2 Å². The van der Waals surface area contributed by atoms with E-state index in [-0.39, 0.29) is 5.25 Å². The Hall–Kier alpha value is -0.130. The summed E-state index contributed by atoms with van der Waals surface area (Å²) in [5, 5.41) is -0.148. The van der Waals surface area contributed by atoms with Crippen LogP contribution in [0.5, 0.6) is 0 Å². The summed E-state index contributed by atoms with van der Waals surface area (Å²) in [6.07, 6.45) is 2.35. The highest BCUT2D eigenvalue weighted by Crippen LogP contribution is 2.33. The first-order chi connectivity index (χ1) is 6.38. The van der Waals surface area contributed by atoms with Crippen molar-refractivity contribution in [2.75, 3.05) is 13.6 Å². The first-order valence-electron chi connectivity index (χ1n) is 5.06. The largest absolute Gasteiger partial charge is 0.329 e. The van der Waals surface area contributed by atoms with E-state index in [2.05, 4.69) is 0 Å². The molecule has 0 amide bonds. The molecule has 2 N–H and O–H groups in total. The summed E-state index contributed by atoms with van der Waals surface area (Å²) >= 11 is 0. The minimum Gasteiger partial charge on any atom is -0.329 e. The minimum atomic E-state index is -3.09. The highest BCUT2D eigenvalue weighted by Gasteiger charge is 2.44. The van der Waals surface area contributed by atoms with E-state index in [4.69, 9.17) is 5.73 Å². The van der Waals surface area contributed by atoms with Crippen LogP contribution in [0.2, 0.25) is 0 Å². The second-order valence-electron chi connectivity index (χ2n) is 4.27. The summed E-state index contributed by atoms with van der Waals surface area (Å²) in [7, 11) is -1.45. The number of hydrogen-bond donors (Lipinski definition) is 1. The summed E-state index contributed by atoms with van der Waals surface area (Å²) in [6, 6.07) is 0. The van der Waals surface area contributed by atoms with E-state index < -0.39 is 15.6 Å². The van der Waals surface area contributed by atoms with Gasteiger partial charge in [0.25, 0.3) is 0 Å². The summed E-state index contributed by atoms with van der Waals surface area (Å²) in [6.45, 7) is 4.23. The molecule has 5 heteroatoms. The van der Waals surface area contributed by atoms with Crippen LogP contribution >= 0.6 is 0 Å². The number of nitrogens with two attached hydrogens (primary N) is 1. The van der Waals surface area contributed by atoms with Gasteiger partial charge < -0.3 is 5.73 Å². The molecule has 0 aromatic carbocycles. The third-order valence-electron chi connectivity index (χ3n) is 3.29. The molecule has 1 aliphatic rings. The summed E-state index contributed by atoms with van der Waals surface area (Å²) < 4.78 is 25.3. The van der Waals surface area contributed by atoms with Crippen LogP contribution in [-0.4, -0.2) is 37.1 Å². The van der Waals surface area contributed by atoms with Crippen molar-refractivity contribution in [3.8, 4) is 0 Å². The number of rotatable bonds is 5. The molecule has 1 fully saturated rings. The minimum absolute atomic E-state index is 0.148. The molecule has 0 heterocycles. The SMILES string of the molecule is CCC(C)(CN)N(C)S(=O)(=O)C1CC1. The molecule has 1 saturated carbocycles. The van der Waals surface area contributed by atoms with Gasteiger partial charge in [0, 0.05) is 19.1 Å². The molecule has 0 saturated heterocycles.